The van der Waals surface area contributed by atoms with Gasteiger partial charge in [0, 0.05) is 9.35 Å². The number of hydrogen-bond donors (Lipinski definition) is 1. The molecule has 1 aliphatic rings. The summed E-state index contributed by atoms with van der Waals surface area (Å²) in [6.07, 6.45) is 0.444. The molecule has 1 aliphatic heterocycles. The molecular formula is C10H12BrNO3S2. The highest BCUT2D eigenvalue weighted by molar-refractivity contribution is 9.10. The minimum Gasteiger partial charge on any atom is -0.351 e. The van der Waals surface area contributed by atoms with E-state index in [0.717, 1.165) is 9.35 Å². The number of hydrogen-bond acceptors (Lipinski definition) is 4. The van der Waals surface area contributed by atoms with Crippen LogP contribution in [0.1, 0.15) is 11.3 Å². The molecule has 1 fully saturated rings. The lowest BCUT2D eigenvalue weighted by Gasteiger charge is -2.08. The second kappa shape index (κ2) is 5.07. The zero-order valence-corrected chi connectivity index (χ0v) is 12.2. The van der Waals surface area contributed by atoms with E-state index in [4.69, 9.17) is 0 Å². The van der Waals surface area contributed by atoms with E-state index in [1.807, 2.05) is 11.4 Å². The lowest BCUT2D eigenvalue weighted by molar-refractivity contribution is -0.124. The van der Waals surface area contributed by atoms with Crippen LogP contribution < -0.4 is 5.32 Å². The highest BCUT2D eigenvalue weighted by Gasteiger charge is 2.32. The van der Waals surface area contributed by atoms with Crippen molar-refractivity contribution in [2.24, 2.45) is 5.92 Å². The summed E-state index contributed by atoms with van der Waals surface area (Å²) in [4.78, 5) is 12.8. The first kappa shape index (κ1) is 13.0. The number of rotatable bonds is 3. The Morgan fingerprint density at radius 3 is 2.88 bits per heavy atom. The van der Waals surface area contributed by atoms with E-state index in [1.165, 1.54) is 0 Å². The molecule has 0 aromatic carbocycles. The van der Waals surface area contributed by atoms with E-state index in [-0.39, 0.29) is 23.3 Å². The zero-order chi connectivity index (χ0) is 12.5. The van der Waals surface area contributed by atoms with E-state index in [0.29, 0.717) is 13.0 Å². The van der Waals surface area contributed by atoms with Crippen molar-refractivity contribution >= 4 is 43.0 Å². The van der Waals surface area contributed by atoms with E-state index in [1.54, 1.807) is 11.3 Å². The van der Waals surface area contributed by atoms with Gasteiger partial charge in [0.15, 0.2) is 9.84 Å². The number of sulfone groups is 1. The first-order valence-corrected chi connectivity index (χ1v) is 8.67. The summed E-state index contributed by atoms with van der Waals surface area (Å²) in [7, 11) is -2.99. The number of thiophene rings is 1. The standard InChI is InChI=1S/C10H12BrNO3S2/c11-8-1-3-16-9(8)5-12-10(13)7-2-4-17(14,15)6-7/h1,3,7H,2,4-6H2,(H,12,13). The monoisotopic (exact) mass is 337 g/mol. The second-order valence-corrected chi connectivity index (χ2v) is 8.09. The molecule has 1 N–H and O–H groups in total. The predicted molar refractivity (Wildman–Crippen MR) is 70.6 cm³/mol. The van der Waals surface area contributed by atoms with Crippen LogP contribution in [0.5, 0.6) is 0 Å². The molecular weight excluding hydrogens is 326 g/mol. The van der Waals surface area contributed by atoms with Crippen molar-refractivity contribution in [2.45, 2.75) is 13.0 Å². The molecule has 1 atom stereocenters. The number of nitrogens with one attached hydrogen (secondary N) is 1. The van der Waals surface area contributed by atoms with Crippen LogP contribution in [0.3, 0.4) is 0 Å². The minimum absolute atomic E-state index is 0.00948. The van der Waals surface area contributed by atoms with Crippen molar-refractivity contribution in [3.05, 3.63) is 20.8 Å². The Balaban J connectivity index is 1.89. The van der Waals surface area contributed by atoms with E-state index < -0.39 is 9.84 Å². The molecule has 1 unspecified atom stereocenters. The Morgan fingerprint density at radius 1 is 1.59 bits per heavy atom. The van der Waals surface area contributed by atoms with E-state index in [9.17, 15) is 13.2 Å². The summed E-state index contributed by atoms with van der Waals surface area (Å²) < 4.78 is 23.5. The van der Waals surface area contributed by atoms with Crippen LogP contribution in [0, 0.1) is 5.92 Å². The van der Waals surface area contributed by atoms with Gasteiger partial charge in [-0.2, -0.15) is 0 Å². The van der Waals surface area contributed by atoms with E-state index >= 15 is 0 Å². The number of amides is 1. The minimum atomic E-state index is -2.99. The van der Waals surface area contributed by atoms with Gasteiger partial charge >= 0.3 is 0 Å². The maximum Gasteiger partial charge on any atom is 0.224 e. The Kier molecular flexibility index (Phi) is 3.89. The van der Waals surface area contributed by atoms with Crippen LogP contribution >= 0.6 is 27.3 Å². The summed E-state index contributed by atoms with van der Waals surface area (Å²) in [6, 6.07) is 1.92. The zero-order valence-electron chi connectivity index (χ0n) is 8.98. The summed E-state index contributed by atoms with van der Waals surface area (Å²) in [5.41, 5.74) is 0. The predicted octanol–water partition coefficient (Wildman–Crippen LogP) is 1.56. The third-order valence-electron chi connectivity index (χ3n) is 2.72. The highest BCUT2D eigenvalue weighted by atomic mass is 79.9. The van der Waals surface area contributed by atoms with Crippen molar-refractivity contribution in [1.29, 1.82) is 0 Å². The van der Waals surface area contributed by atoms with Gasteiger partial charge in [0.2, 0.25) is 5.91 Å². The van der Waals surface area contributed by atoms with Crippen LogP contribution in [0.25, 0.3) is 0 Å². The first-order valence-electron chi connectivity index (χ1n) is 5.18. The molecule has 2 heterocycles. The van der Waals surface area contributed by atoms with Crippen molar-refractivity contribution in [3.8, 4) is 0 Å². The fourth-order valence-electron chi connectivity index (χ4n) is 1.76. The molecule has 7 heteroatoms. The molecule has 1 aromatic heterocycles. The van der Waals surface area contributed by atoms with Crippen LogP contribution in [-0.2, 0) is 21.2 Å². The smallest absolute Gasteiger partial charge is 0.224 e. The SMILES string of the molecule is O=C(NCc1sccc1Br)C1CCS(=O)(=O)C1. The molecule has 0 aliphatic carbocycles. The average Bonchev–Trinajstić information content (AvgIpc) is 2.81. The molecule has 0 saturated carbocycles. The van der Waals surface area contributed by atoms with Gasteiger partial charge in [-0.05, 0) is 33.8 Å². The molecule has 0 bridgehead atoms. The van der Waals surface area contributed by atoms with Gasteiger partial charge in [-0.25, -0.2) is 8.42 Å². The van der Waals surface area contributed by atoms with Crippen molar-refractivity contribution in [1.82, 2.24) is 5.32 Å². The molecule has 4 nitrogen and oxygen atoms in total. The first-order chi connectivity index (χ1) is 7.98. The highest BCUT2D eigenvalue weighted by Crippen LogP contribution is 2.23. The van der Waals surface area contributed by atoms with Crippen LogP contribution in [0.4, 0.5) is 0 Å². The number of halogens is 1. The maximum atomic E-state index is 11.8. The van der Waals surface area contributed by atoms with Crippen LogP contribution in [0.2, 0.25) is 0 Å². The molecule has 1 saturated heterocycles. The van der Waals surface area contributed by atoms with Crippen LogP contribution in [-0.4, -0.2) is 25.8 Å². The van der Waals surface area contributed by atoms with E-state index in [2.05, 4.69) is 21.2 Å². The number of carbonyl (C=O) groups is 1. The Labute approximate surface area is 112 Å². The average molecular weight is 338 g/mol. The van der Waals surface area contributed by atoms with Crippen molar-refractivity contribution in [2.75, 3.05) is 11.5 Å². The summed E-state index contributed by atoms with van der Waals surface area (Å²) in [6.45, 7) is 0.452. The molecule has 0 spiro atoms. The van der Waals surface area contributed by atoms with Crippen LogP contribution in [0.15, 0.2) is 15.9 Å². The third kappa shape index (κ3) is 3.29. The van der Waals surface area contributed by atoms with Gasteiger partial charge in [0.05, 0.1) is 24.0 Å². The number of carbonyl (C=O) groups excluding carboxylic acids is 1. The third-order valence-corrected chi connectivity index (χ3v) is 6.41. The largest absolute Gasteiger partial charge is 0.351 e. The molecule has 17 heavy (non-hydrogen) atoms. The van der Waals surface area contributed by atoms with Gasteiger partial charge in [0.1, 0.15) is 0 Å². The molecule has 1 amide bonds. The lowest BCUT2D eigenvalue weighted by atomic mass is 10.1. The fourth-order valence-corrected chi connectivity index (χ4v) is 4.94. The Bertz CT molecular complexity index is 523. The maximum absolute atomic E-state index is 11.8. The summed E-state index contributed by atoms with van der Waals surface area (Å²) in [5.74, 6) is -0.414. The van der Waals surface area contributed by atoms with Gasteiger partial charge in [-0.15, -0.1) is 11.3 Å². The van der Waals surface area contributed by atoms with Crippen molar-refractivity contribution in [3.63, 3.8) is 0 Å². The summed E-state index contributed by atoms with van der Waals surface area (Å²) >= 11 is 4.94. The van der Waals surface area contributed by atoms with Crippen molar-refractivity contribution < 1.29 is 13.2 Å². The lowest BCUT2D eigenvalue weighted by Crippen LogP contribution is -2.30. The fraction of sp³-hybridized carbons (Fsp3) is 0.500. The Morgan fingerprint density at radius 2 is 2.35 bits per heavy atom. The van der Waals surface area contributed by atoms with Gasteiger partial charge < -0.3 is 5.32 Å². The molecule has 2 rings (SSSR count). The van der Waals surface area contributed by atoms with Gasteiger partial charge in [0.25, 0.3) is 0 Å². The normalized spacial score (nSPS) is 22.5. The molecule has 94 valence electrons. The quantitative estimate of drug-likeness (QED) is 0.910. The van der Waals surface area contributed by atoms with Gasteiger partial charge in [-0.1, -0.05) is 0 Å². The molecule has 1 aromatic rings. The summed E-state index contributed by atoms with van der Waals surface area (Å²) in [5, 5.41) is 4.72. The Hall–Kier alpha value is -0.400. The van der Waals surface area contributed by atoms with Gasteiger partial charge in [-0.3, -0.25) is 4.79 Å². The second-order valence-electron chi connectivity index (χ2n) is 4.01. The molecule has 0 radical (unpaired) electrons. The topological polar surface area (TPSA) is 63.2 Å².